The topological polar surface area (TPSA) is 68.5 Å². The second kappa shape index (κ2) is 10.9. The summed E-state index contributed by atoms with van der Waals surface area (Å²) in [5.74, 6) is 0.947. The van der Waals surface area contributed by atoms with Crippen LogP contribution in [0.25, 0.3) is 11.6 Å². The first-order chi connectivity index (χ1) is 15.1. The normalized spacial score (nSPS) is 10.8. The molecule has 0 aliphatic rings. The van der Waals surface area contributed by atoms with E-state index in [9.17, 15) is 10.1 Å². The standard InChI is InChI=1S/C25H20ClNO4/c1-29-24-16-18(15-20(17-27)19-8-10-21(26)11-9-19)7-12-23(24)31-25(28)13-14-30-22-5-3-2-4-6-22/h2-12,15-16H,13-14H2,1H3/b20-15-. The molecule has 0 saturated heterocycles. The Hall–Kier alpha value is -3.75. The predicted octanol–water partition coefficient (Wildman–Crippen LogP) is 5.79. The number of methoxy groups -OCH3 is 1. The second-order valence-electron chi connectivity index (χ2n) is 6.47. The number of carbonyl (C=O) groups excluding carboxylic acids is 1. The fourth-order valence-corrected chi connectivity index (χ4v) is 2.90. The van der Waals surface area contributed by atoms with Gasteiger partial charge in [-0.05, 0) is 53.6 Å². The molecule has 0 fully saturated rings. The molecule has 0 atom stereocenters. The van der Waals surface area contributed by atoms with Crippen molar-refractivity contribution in [2.45, 2.75) is 6.42 Å². The van der Waals surface area contributed by atoms with E-state index in [0.29, 0.717) is 27.8 Å². The Balaban J connectivity index is 1.67. The molecular weight excluding hydrogens is 414 g/mol. The number of nitriles is 1. The van der Waals surface area contributed by atoms with Gasteiger partial charge in [0.15, 0.2) is 11.5 Å². The molecule has 0 N–H and O–H groups in total. The fraction of sp³-hybridized carbons (Fsp3) is 0.120. The van der Waals surface area contributed by atoms with Crippen molar-refractivity contribution in [3.05, 3.63) is 88.9 Å². The summed E-state index contributed by atoms with van der Waals surface area (Å²) in [5.41, 5.74) is 1.96. The molecular formula is C25H20ClNO4. The summed E-state index contributed by atoms with van der Waals surface area (Å²) >= 11 is 5.91. The summed E-state index contributed by atoms with van der Waals surface area (Å²) in [6.45, 7) is 0.207. The monoisotopic (exact) mass is 433 g/mol. The highest BCUT2D eigenvalue weighted by molar-refractivity contribution is 6.30. The average Bonchev–Trinajstić information content (AvgIpc) is 2.79. The van der Waals surface area contributed by atoms with Crippen molar-refractivity contribution in [2.24, 2.45) is 0 Å². The van der Waals surface area contributed by atoms with Crippen LogP contribution in [0.5, 0.6) is 17.2 Å². The Morgan fingerprint density at radius 2 is 1.77 bits per heavy atom. The average molecular weight is 434 g/mol. The van der Waals surface area contributed by atoms with E-state index in [4.69, 9.17) is 25.8 Å². The van der Waals surface area contributed by atoms with Crippen LogP contribution in [0.2, 0.25) is 5.02 Å². The molecule has 0 unspecified atom stereocenters. The minimum Gasteiger partial charge on any atom is -0.493 e. The van der Waals surface area contributed by atoms with Gasteiger partial charge in [0.2, 0.25) is 0 Å². The number of esters is 1. The lowest BCUT2D eigenvalue weighted by molar-refractivity contribution is -0.135. The van der Waals surface area contributed by atoms with Gasteiger partial charge in [-0.2, -0.15) is 5.26 Å². The van der Waals surface area contributed by atoms with Gasteiger partial charge >= 0.3 is 5.97 Å². The van der Waals surface area contributed by atoms with Crippen LogP contribution in [0.15, 0.2) is 72.8 Å². The van der Waals surface area contributed by atoms with Gasteiger partial charge in [-0.1, -0.05) is 48.0 Å². The first-order valence-electron chi connectivity index (χ1n) is 9.53. The molecule has 3 rings (SSSR count). The van der Waals surface area contributed by atoms with Gasteiger partial charge in [0.25, 0.3) is 0 Å². The Morgan fingerprint density at radius 1 is 1.03 bits per heavy atom. The van der Waals surface area contributed by atoms with Crippen LogP contribution in [0.3, 0.4) is 0 Å². The quantitative estimate of drug-likeness (QED) is 0.195. The van der Waals surface area contributed by atoms with E-state index in [-0.39, 0.29) is 13.0 Å². The molecule has 156 valence electrons. The molecule has 0 radical (unpaired) electrons. The lowest BCUT2D eigenvalue weighted by Crippen LogP contribution is -2.13. The Bertz CT molecular complexity index is 1100. The Labute approximate surface area is 186 Å². The predicted molar refractivity (Wildman–Crippen MR) is 120 cm³/mol. The highest BCUT2D eigenvalue weighted by Crippen LogP contribution is 2.30. The number of hydrogen-bond acceptors (Lipinski definition) is 5. The maximum Gasteiger partial charge on any atom is 0.314 e. The first-order valence-corrected chi connectivity index (χ1v) is 9.91. The van der Waals surface area contributed by atoms with E-state index in [1.165, 1.54) is 7.11 Å². The number of allylic oxidation sites excluding steroid dienone is 1. The summed E-state index contributed by atoms with van der Waals surface area (Å²) in [6, 6.07) is 23.5. The van der Waals surface area contributed by atoms with Crippen LogP contribution in [0.4, 0.5) is 0 Å². The molecule has 3 aromatic carbocycles. The molecule has 0 bridgehead atoms. The lowest BCUT2D eigenvalue weighted by Gasteiger charge is -2.11. The minimum atomic E-state index is -0.434. The third-order valence-corrected chi connectivity index (χ3v) is 4.57. The molecule has 31 heavy (non-hydrogen) atoms. The molecule has 5 nitrogen and oxygen atoms in total. The zero-order valence-corrected chi connectivity index (χ0v) is 17.6. The number of para-hydroxylation sites is 1. The number of ether oxygens (including phenoxy) is 3. The largest absolute Gasteiger partial charge is 0.493 e. The summed E-state index contributed by atoms with van der Waals surface area (Å²) in [5, 5.41) is 10.1. The maximum atomic E-state index is 12.2. The van der Waals surface area contributed by atoms with E-state index < -0.39 is 5.97 Å². The van der Waals surface area contributed by atoms with Crippen molar-refractivity contribution in [3.63, 3.8) is 0 Å². The number of halogens is 1. The van der Waals surface area contributed by atoms with Crippen molar-refractivity contribution >= 4 is 29.2 Å². The van der Waals surface area contributed by atoms with E-state index in [1.54, 1.807) is 48.5 Å². The van der Waals surface area contributed by atoms with Crippen molar-refractivity contribution in [1.29, 1.82) is 5.26 Å². The third-order valence-electron chi connectivity index (χ3n) is 4.32. The van der Waals surface area contributed by atoms with Crippen LogP contribution < -0.4 is 14.2 Å². The summed E-state index contributed by atoms with van der Waals surface area (Å²) < 4.78 is 16.3. The zero-order valence-electron chi connectivity index (χ0n) is 16.9. The summed E-state index contributed by atoms with van der Waals surface area (Å²) in [7, 11) is 1.49. The molecule has 0 amide bonds. The highest BCUT2D eigenvalue weighted by Gasteiger charge is 2.12. The first kappa shape index (κ1) is 21.9. The van der Waals surface area contributed by atoms with Gasteiger partial charge < -0.3 is 14.2 Å². The fourth-order valence-electron chi connectivity index (χ4n) is 2.78. The molecule has 0 aliphatic heterocycles. The van der Waals surface area contributed by atoms with Gasteiger partial charge in [-0.25, -0.2) is 0 Å². The number of rotatable bonds is 8. The lowest BCUT2D eigenvalue weighted by atomic mass is 10.0. The minimum absolute atomic E-state index is 0.0921. The number of benzene rings is 3. The molecule has 0 aliphatic carbocycles. The number of carbonyl (C=O) groups is 1. The SMILES string of the molecule is COc1cc(/C=C(/C#N)c2ccc(Cl)cc2)ccc1OC(=O)CCOc1ccccc1. The van der Waals surface area contributed by atoms with Crippen LogP contribution in [-0.4, -0.2) is 19.7 Å². The van der Waals surface area contributed by atoms with Gasteiger partial charge in [0, 0.05) is 5.02 Å². The number of nitrogens with zero attached hydrogens (tertiary/aromatic N) is 1. The van der Waals surface area contributed by atoms with Crippen LogP contribution in [0.1, 0.15) is 17.5 Å². The molecule has 0 aromatic heterocycles. The van der Waals surface area contributed by atoms with Crippen molar-refractivity contribution < 1.29 is 19.0 Å². The van der Waals surface area contributed by atoms with Gasteiger partial charge in [0.1, 0.15) is 5.75 Å². The van der Waals surface area contributed by atoms with Crippen LogP contribution in [-0.2, 0) is 4.79 Å². The highest BCUT2D eigenvalue weighted by atomic mass is 35.5. The summed E-state index contributed by atoms with van der Waals surface area (Å²) in [4.78, 5) is 12.2. The zero-order chi connectivity index (χ0) is 22.1. The van der Waals surface area contributed by atoms with E-state index >= 15 is 0 Å². The third kappa shape index (κ3) is 6.36. The molecule has 6 heteroatoms. The van der Waals surface area contributed by atoms with Crippen molar-refractivity contribution in [1.82, 2.24) is 0 Å². The second-order valence-corrected chi connectivity index (χ2v) is 6.91. The van der Waals surface area contributed by atoms with E-state index in [1.807, 2.05) is 30.3 Å². The van der Waals surface area contributed by atoms with E-state index in [0.717, 1.165) is 11.1 Å². The maximum absolute atomic E-state index is 12.2. The molecule has 3 aromatic rings. The van der Waals surface area contributed by atoms with Crippen LogP contribution >= 0.6 is 11.6 Å². The van der Waals surface area contributed by atoms with Gasteiger partial charge in [-0.15, -0.1) is 0 Å². The molecule has 0 heterocycles. The summed E-state index contributed by atoms with van der Waals surface area (Å²) in [6.07, 6.45) is 1.82. The smallest absolute Gasteiger partial charge is 0.314 e. The van der Waals surface area contributed by atoms with Crippen molar-refractivity contribution in [3.8, 4) is 23.3 Å². The van der Waals surface area contributed by atoms with Gasteiger partial charge in [-0.3, -0.25) is 4.79 Å². The Kier molecular flexibility index (Phi) is 7.69. The van der Waals surface area contributed by atoms with E-state index in [2.05, 4.69) is 6.07 Å². The molecule has 0 saturated carbocycles. The Morgan fingerprint density at radius 3 is 2.45 bits per heavy atom. The number of hydrogen-bond donors (Lipinski definition) is 0. The van der Waals surface area contributed by atoms with Gasteiger partial charge in [0.05, 0.1) is 31.8 Å². The van der Waals surface area contributed by atoms with Crippen LogP contribution in [0, 0.1) is 11.3 Å². The molecule has 0 spiro atoms. The van der Waals surface area contributed by atoms with Crippen molar-refractivity contribution in [2.75, 3.05) is 13.7 Å².